The van der Waals surface area contributed by atoms with E-state index in [1.807, 2.05) is 33.0 Å². The second-order valence-electron chi connectivity index (χ2n) is 8.73. The third-order valence-corrected chi connectivity index (χ3v) is 6.97. The number of benzene rings is 1. The van der Waals surface area contributed by atoms with Gasteiger partial charge in [0.15, 0.2) is 0 Å². The van der Waals surface area contributed by atoms with Gasteiger partial charge in [0.2, 0.25) is 0 Å². The number of aryl methyl sites for hydroxylation is 3. The van der Waals surface area contributed by atoms with E-state index in [0.717, 1.165) is 38.2 Å². The van der Waals surface area contributed by atoms with Crippen LogP contribution < -0.4 is 15.6 Å². The Morgan fingerprint density at radius 3 is 2.64 bits per heavy atom. The molecule has 0 aliphatic carbocycles. The molecule has 0 bridgehead atoms. The molecule has 0 radical (unpaired) electrons. The van der Waals surface area contributed by atoms with Crippen molar-refractivity contribution in [1.82, 2.24) is 19.9 Å². The van der Waals surface area contributed by atoms with Gasteiger partial charge in [-0.05, 0) is 54.7 Å². The number of thiazole rings is 1. The van der Waals surface area contributed by atoms with E-state index in [1.165, 1.54) is 16.9 Å². The molecule has 3 N–H and O–H groups in total. The highest BCUT2D eigenvalue weighted by molar-refractivity contribution is 7.16. The van der Waals surface area contributed by atoms with Crippen LogP contribution in [0.1, 0.15) is 53.9 Å². The van der Waals surface area contributed by atoms with Crippen molar-refractivity contribution in [2.75, 3.05) is 7.11 Å². The molecule has 0 amide bonds. The van der Waals surface area contributed by atoms with E-state index in [2.05, 4.69) is 46.0 Å². The van der Waals surface area contributed by atoms with E-state index in [1.54, 1.807) is 13.3 Å². The fraction of sp³-hybridized carbons (Fsp3) is 0.360. The molecule has 8 heteroatoms. The first kappa shape index (κ1) is 23.2. The highest BCUT2D eigenvalue weighted by atomic mass is 32.1. The Balaban J connectivity index is 1.79. The molecule has 0 saturated heterocycles. The molecular formula is C25H30N4O3S. The number of methoxy groups -OCH3 is 1. The smallest absolute Gasteiger partial charge is 0.273 e. The molecule has 0 aliphatic rings. The summed E-state index contributed by atoms with van der Waals surface area (Å²) in [6.45, 7) is 8.35. The minimum atomic E-state index is -0.962. The number of aliphatic hydroxyl groups is 1. The molecule has 1 aromatic carbocycles. The molecular weight excluding hydrogens is 436 g/mol. The van der Waals surface area contributed by atoms with Crippen LogP contribution in [0.5, 0.6) is 5.19 Å². The lowest BCUT2D eigenvalue weighted by Crippen LogP contribution is -2.26. The van der Waals surface area contributed by atoms with E-state index in [0.29, 0.717) is 16.7 Å². The maximum absolute atomic E-state index is 12.4. The average molecular weight is 467 g/mol. The van der Waals surface area contributed by atoms with Gasteiger partial charge in [-0.2, -0.15) is 0 Å². The minimum Gasteiger partial charge on any atom is -0.473 e. The molecule has 3 heterocycles. The Hall–Kier alpha value is -2.94. The van der Waals surface area contributed by atoms with Gasteiger partial charge >= 0.3 is 0 Å². The second-order valence-corrected chi connectivity index (χ2v) is 9.73. The van der Waals surface area contributed by atoms with Crippen LogP contribution in [-0.2, 0) is 13.6 Å². The molecule has 0 spiro atoms. The van der Waals surface area contributed by atoms with Crippen molar-refractivity contribution in [2.45, 2.75) is 46.4 Å². The summed E-state index contributed by atoms with van der Waals surface area (Å²) in [7, 11) is 3.60. The van der Waals surface area contributed by atoms with Crippen LogP contribution in [0, 0.1) is 13.8 Å². The highest BCUT2D eigenvalue weighted by Crippen LogP contribution is 2.38. The fourth-order valence-electron chi connectivity index (χ4n) is 4.32. The molecule has 0 fully saturated rings. The van der Waals surface area contributed by atoms with Gasteiger partial charge in [0, 0.05) is 48.2 Å². The molecule has 0 aliphatic heterocycles. The van der Waals surface area contributed by atoms with E-state index in [4.69, 9.17) is 4.74 Å². The zero-order valence-corrected chi connectivity index (χ0v) is 20.6. The van der Waals surface area contributed by atoms with Crippen LogP contribution in [0.25, 0.3) is 21.3 Å². The number of aromatic amines is 1. The number of aliphatic hydroxyl groups excluding tert-OH is 1. The van der Waals surface area contributed by atoms with Crippen LogP contribution >= 0.6 is 11.3 Å². The van der Waals surface area contributed by atoms with Crippen molar-refractivity contribution < 1.29 is 9.84 Å². The predicted molar refractivity (Wildman–Crippen MR) is 133 cm³/mol. The van der Waals surface area contributed by atoms with Crippen molar-refractivity contribution in [1.29, 1.82) is 0 Å². The molecule has 0 saturated carbocycles. The molecule has 33 heavy (non-hydrogen) atoms. The van der Waals surface area contributed by atoms with Gasteiger partial charge in [0.05, 0.1) is 17.5 Å². The molecule has 174 valence electrons. The molecule has 4 rings (SSSR count). The zero-order chi connectivity index (χ0) is 23.9. The maximum Gasteiger partial charge on any atom is 0.273 e. The topological polar surface area (TPSA) is 92.2 Å². The molecule has 1 atom stereocenters. The number of hydrogen-bond acceptors (Lipinski definition) is 6. The van der Waals surface area contributed by atoms with Gasteiger partial charge in [-0.25, -0.2) is 4.98 Å². The zero-order valence-electron chi connectivity index (χ0n) is 19.8. The number of H-pyrrole nitrogens is 1. The van der Waals surface area contributed by atoms with Crippen molar-refractivity contribution in [3.8, 4) is 15.6 Å². The van der Waals surface area contributed by atoms with E-state index in [9.17, 15) is 9.90 Å². The Bertz CT molecular complexity index is 1370. The number of nitrogens with one attached hydrogen (secondary N) is 2. The Kier molecular flexibility index (Phi) is 6.43. The molecule has 1 unspecified atom stereocenters. The normalized spacial score (nSPS) is 12.6. The summed E-state index contributed by atoms with van der Waals surface area (Å²) in [5, 5.41) is 16.1. The van der Waals surface area contributed by atoms with Gasteiger partial charge in [-0.15, -0.1) is 0 Å². The summed E-state index contributed by atoms with van der Waals surface area (Å²) in [5.74, 6) is 0.326. The lowest BCUT2D eigenvalue weighted by atomic mass is 9.97. The predicted octanol–water partition coefficient (Wildman–Crippen LogP) is 4.52. The largest absolute Gasteiger partial charge is 0.473 e. The van der Waals surface area contributed by atoms with Crippen LogP contribution in [-0.4, -0.2) is 26.8 Å². The Labute approximate surface area is 197 Å². The van der Waals surface area contributed by atoms with Gasteiger partial charge in [0.1, 0.15) is 6.23 Å². The molecule has 3 aromatic heterocycles. The monoisotopic (exact) mass is 466 g/mol. The number of aromatic nitrogens is 3. The van der Waals surface area contributed by atoms with Crippen molar-refractivity contribution in [3.05, 3.63) is 68.9 Å². The van der Waals surface area contributed by atoms with Gasteiger partial charge in [-0.1, -0.05) is 25.2 Å². The van der Waals surface area contributed by atoms with Crippen molar-refractivity contribution in [3.63, 3.8) is 0 Å². The number of nitrogens with zero attached hydrogens (tertiary/aromatic N) is 2. The summed E-state index contributed by atoms with van der Waals surface area (Å²) in [5.41, 5.74) is 6.10. The quantitative estimate of drug-likeness (QED) is 0.348. The number of rotatable bonds is 7. The van der Waals surface area contributed by atoms with Gasteiger partial charge in [-0.3, -0.25) is 10.1 Å². The minimum absolute atomic E-state index is 0.135. The lowest BCUT2D eigenvalue weighted by Gasteiger charge is -2.18. The standard InChI is InChI=1S/C25H30N4O3S/c1-13(2)20-12-29(5)22-17(20)8-16(21-11-27-25(32-6)33-21)9-18(22)23(30)26-10-19-14(3)7-15(4)28-24(19)31/h7-9,11-13,23,26,30H,10H2,1-6H3,(H,28,31). The van der Waals surface area contributed by atoms with Crippen molar-refractivity contribution >= 4 is 22.2 Å². The van der Waals surface area contributed by atoms with Crippen LogP contribution in [0.15, 0.2) is 35.4 Å². The Morgan fingerprint density at radius 2 is 2.00 bits per heavy atom. The number of pyridine rings is 1. The summed E-state index contributed by atoms with van der Waals surface area (Å²) >= 11 is 1.46. The van der Waals surface area contributed by atoms with Crippen LogP contribution in [0.4, 0.5) is 0 Å². The third kappa shape index (κ3) is 4.46. The SMILES string of the molecule is COc1ncc(-c2cc(C(O)NCc3c(C)cc(C)[nH]c3=O)c3c(c2)c(C(C)C)cn3C)s1. The first-order chi connectivity index (χ1) is 15.7. The lowest BCUT2D eigenvalue weighted by molar-refractivity contribution is 0.138. The molecule has 4 aromatic rings. The summed E-state index contributed by atoms with van der Waals surface area (Å²) in [4.78, 5) is 20.5. The summed E-state index contributed by atoms with van der Waals surface area (Å²) in [6.07, 6.45) is 2.95. The number of hydrogen-bond donors (Lipinski definition) is 3. The summed E-state index contributed by atoms with van der Waals surface area (Å²) < 4.78 is 7.34. The Morgan fingerprint density at radius 1 is 1.24 bits per heavy atom. The first-order valence-corrected chi connectivity index (χ1v) is 11.7. The van der Waals surface area contributed by atoms with Gasteiger partial charge < -0.3 is 19.4 Å². The summed E-state index contributed by atoms with van der Waals surface area (Å²) in [6, 6.07) is 6.08. The fourth-order valence-corrected chi connectivity index (χ4v) is 5.04. The van der Waals surface area contributed by atoms with E-state index in [-0.39, 0.29) is 12.1 Å². The van der Waals surface area contributed by atoms with E-state index < -0.39 is 6.23 Å². The highest BCUT2D eigenvalue weighted by Gasteiger charge is 2.21. The second kappa shape index (κ2) is 9.13. The van der Waals surface area contributed by atoms with Crippen molar-refractivity contribution in [2.24, 2.45) is 7.05 Å². The number of fused-ring (bicyclic) bond motifs is 1. The number of ether oxygens (including phenoxy) is 1. The maximum atomic E-state index is 12.4. The van der Waals surface area contributed by atoms with Crippen LogP contribution in [0.3, 0.4) is 0 Å². The van der Waals surface area contributed by atoms with Gasteiger partial charge in [0.25, 0.3) is 10.8 Å². The average Bonchev–Trinajstić information content (AvgIpc) is 3.37. The molecule has 7 nitrogen and oxygen atoms in total. The van der Waals surface area contributed by atoms with Crippen LogP contribution in [0.2, 0.25) is 0 Å². The first-order valence-electron chi connectivity index (χ1n) is 10.9. The third-order valence-electron chi connectivity index (χ3n) is 5.96. The van der Waals surface area contributed by atoms with E-state index >= 15 is 0 Å².